The molecule has 9 heteroatoms. The average molecular weight is 1350 g/mol. The first-order valence-corrected chi connectivity index (χ1v) is 30.8. The zero-order chi connectivity index (χ0) is 60.8. The summed E-state index contributed by atoms with van der Waals surface area (Å²) in [5.74, 6) is 0.308. The third-order valence-electron chi connectivity index (χ3n) is 18.1. The van der Waals surface area contributed by atoms with Gasteiger partial charge in [0.15, 0.2) is 13.2 Å². The molecule has 88 heavy (non-hydrogen) atoms. The molecule has 462 valence electrons. The smallest absolute Gasteiger partial charge is 0.299 e. The van der Waals surface area contributed by atoms with Crippen LogP contribution in [0.2, 0.25) is 0 Å². The van der Waals surface area contributed by atoms with E-state index in [1.165, 1.54) is 12.1 Å². The monoisotopic (exact) mass is 1350 g/mol. The molecule has 0 unspecified atom stereocenters. The van der Waals surface area contributed by atoms with Gasteiger partial charge in [-0.2, -0.15) is 4.39 Å². The molecule has 0 aliphatic heterocycles. The number of aryl methyl sites for hydroxylation is 5. The number of rotatable bonds is 14. The molecule has 2 atom stereocenters. The van der Waals surface area contributed by atoms with Gasteiger partial charge in [0.25, 0.3) is 11.5 Å². The van der Waals surface area contributed by atoms with Crippen molar-refractivity contribution in [1.29, 1.82) is 0 Å². The summed E-state index contributed by atoms with van der Waals surface area (Å²) in [4.78, 5) is 0. The SMILES string of the molecule is Cc1cc(F)c([OH+]C[C@@H]2CCCC[C@H]2C[OH+]c2ccc(F)cc2-c2cc(C(C)(C)CC(C)(C)C)cc(-n3c4cc(C)ccc4c4ccc(C)cc43)c2O)c(-c2cc(C(C)(C)CC(C)(C)C)cc(-n3c4cc(C)ccc4c4ccc(C)cc43)c2O)c1.[CH3-].[CH3-].[Hf]. The molecule has 11 rings (SSSR count). The van der Waals surface area contributed by atoms with Crippen LogP contribution in [0, 0.1) is 83.8 Å². The van der Waals surface area contributed by atoms with E-state index in [1.54, 1.807) is 12.1 Å². The van der Waals surface area contributed by atoms with Gasteiger partial charge < -0.3 is 43.7 Å². The normalized spacial score (nSPS) is 14.9. The van der Waals surface area contributed by atoms with Crippen LogP contribution in [-0.2, 0) is 36.7 Å². The number of benzene rings is 8. The van der Waals surface area contributed by atoms with Gasteiger partial charge in [0.1, 0.15) is 17.3 Å². The third kappa shape index (κ3) is 13.3. The number of fused-ring (bicyclic) bond motifs is 6. The molecule has 0 bridgehead atoms. The van der Waals surface area contributed by atoms with Crippen LogP contribution >= 0.6 is 0 Å². The molecule has 2 aromatic heterocycles. The van der Waals surface area contributed by atoms with Gasteiger partial charge in [0, 0.05) is 76.4 Å². The summed E-state index contributed by atoms with van der Waals surface area (Å²) in [6.45, 7) is 33.7. The second-order valence-electron chi connectivity index (χ2n) is 29.1. The zero-order valence-electron chi connectivity index (χ0n) is 55.4. The van der Waals surface area contributed by atoms with Crippen molar-refractivity contribution in [3.05, 3.63) is 193 Å². The van der Waals surface area contributed by atoms with E-state index in [9.17, 15) is 10.2 Å². The molecule has 1 aliphatic rings. The molecule has 2 heterocycles. The summed E-state index contributed by atoms with van der Waals surface area (Å²) in [5, 5.41) is 30.3. The number of aromatic hydroxyl groups is 4. The largest absolute Gasteiger partial charge is 0.582 e. The van der Waals surface area contributed by atoms with Gasteiger partial charge in [-0.1, -0.05) is 131 Å². The van der Waals surface area contributed by atoms with Crippen molar-refractivity contribution in [3.8, 4) is 56.6 Å². The Kier molecular flexibility index (Phi) is 19.3. The fourth-order valence-corrected chi connectivity index (χ4v) is 14.8. The average Bonchev–Trinajstić information content (AvgIpc) is 1.57. The van der Waals surface area contributed by atoms with Crippen molar-refractivity contribution in [2.45, 2.75) is 153 Å². The molecule has 1 fully saturated rings. The Hall–Kier alpha value is -6.71. The maximum Gasteiger partial charge on any atom is 0.299 e. The summed E-state index contributed by atoms with van der Waals surface area (Å²) >= 11 is 0. The maximum atomic E-state index is 17.1. The van der Waals surface area contributed by atoms with E-state index in [2.05, 4.69) is 203 Å². The number of hydrogen-bond donors (Lipinski definition) is 2. The van der Waals surface area contributed by atoms with Gasteiger partial charge in [0.2, 0.25) is 5.82 Å². The van der Waals surface area contributed by atoms with Crippen LogP contribution in [0.25, 0.3) is 77.2 Å². The maximum absolute atomic E-state index is 17.1. The van der Waals surface area contributed by atoms with Crippen LogP contribution in [0.1, 0.15) is 147 Å². The molecule has 0 saturated heterocycles. The molecule has 1 aliphatic carbocycles. The third-order valence-corrected chi connectivity index (χ3v) is 18.1. The molecule has 1 saturated carbocycles. The summed E-state index contributed by atoms with van der Waals surface area (Å²) in [6.07, 6.45) is 5.59. The van der Waals surface area contributed by atoms with Crippen LogP contribution < -0.4 is 0 Å². The van der Waals surface area contributed by atoms with E-state index in [4.69, 9.17) is 9.47 Å². The number of halogens is 2. The molecule has 4 N–H and O–H groups in total. The van der Waals surface area contributed by atoms with Crippen molar-refractivity contribution in [2.24, 2.45) is 22.7 Å². The Morgan fingerprint density at radius 2 is 0.830 bits per heavy atom. The van der Waals surface area contributed by atoms with Crippen LogP contribution in [0.15, 0.2) is 127 Å². The van der Waals surface area contributed by atoms with Crippen LogP contribution in [0.4, 0.5) is 8.78 Å². The minimum Gasteiger partial charge on any atom is -0.582 e. The number of ether oxygens (including phenoxy) is 2. The fraction of sp³-hybridized carbons (Fsp3) is 0.367. The fourth-order valence-electron chi connectivity index (χ4n) is 14.8. The molecular formula is C79H94F2HfN2O4. The molecular weight excluding hydrogens is 1260 g/mol. The number of aromatic nitrogens is 2. The van der Waals surface area contributed by atoms with Crippen molar-refractivity contribution < 1.29 is 54.3 Å². The minimum absolute atomic E-state index is 0. The van der Waals surface area contributed by atoms with E-state index in [0.717, 1.165) is 121 Å². The topological polar surface area (TPSA) is 75.9 Å². The Morgan fingerprint density at radius 3 is 1.23 bits per heavy atom. The van der Waals surface area contributed by atoms with Gasteiger partial charge in [-0.3, -0.25) is 0 Å². The number of aliphatic hydroxyl groups is 2. The van der Waals surface area contributed by atoms with Crippen molar-refractivity contribution in [1.82, 2.24) is 9.13 Å². The predicted molar refractivity (Wildman–Crippen MR) is 365 cm³/mol. The van der Waals surface area contributed by atoms with Crippen molar-refractivity contribution >= 4 is 43.6 Å². The first-order valence-electron chi connectivity index (χ1n) is 30.8. The molecule has 0 amide bonds. The van der Waals surface area contributed by atoms with Crippen LogP contribution in [0.5, 0.6) is 23.0 Å². The molecule has 8 aromatic carbocycles. The van der Waals surface area contributed by atoms with Gasteiger partial charge in [-0.05, 0) is 194 Å². The predicted octanol–water partition coefficient (Wildman–Crippen LogP) is 21.8. The number of phenolic OH excluding ortho intramolecular Hbond substituents is 2. The van der Waals surface area contributed by atoms with Gasteiger partial charge >= 0.3 is 0 Å². The van der Waals surface area contributed by atoms with Crippen molar-refractivity contribution in [3.63, 3.8) is 0 Å². The Morgan fingerprint density at radius 1 is 0.443 bits per heavy atom. The standard InChI is InChI=1S/C77H86F2N2O4.2CH3.Hf/c1-45-20-25-55-56-26-21-46(2)33-65(56)80(64(55)32-45)68-38-52(76(12,13)43-74(6,7)8)36-60(71(68)82)59-40-54(78)24-29-70(59)84-41-50-18-16-17-19-51(50)42-85-73-62(30-49(5)31-63(73)79)61-37-53(77(14,15)44-75(9,10)11)39-69(72(61)83)81-66-34-47(3)22-27-57(66)58-28-23-48(4)35-67(58)81;;;/h20-40,50-51,82-83H,16-19,41-44H2,1-15H3;2*1H3;/q;2*-1;/p+2/t50-,51-;;;/m0.../s1. The zero-order valence-corrected chi connectivity index (χ0v) is 59.0. The minimum atomic E-state index is -0.426. The van der Waals surface area contributed by atoms with E-state index in [1.807, 2.05) is 13.0 Å². The summed E-state index contributed by atoms with van der Waals surface area (Å²) in [7, 11) is 0. The van der Waals surface area contributed by atoms with Crippen LogP contribution in [-0.4, -0.2) is 42.0 Å². The number of phenols is 2. The van der Waals surface area contributed by atoms with Gasteiger partial charge in [-0.25, -0.2) is 4.39 Å². The first-order chi connectivity index (χ1) is 40.0. The number of hydrogen-bond acceptors (Lipinski definition) is 2. The molecule has 10 aromatic rings. The van der Waals surface area contributed by atoms with Crippen molar-refractivity contribution in [2.75, 3.05) is 13.2 Å². The van der Waals surface area contributed by atoms with Crippen LogP contribution in [0.3, 0.4) is 0 Å². The number of nitrogens with zero attached hydrogens (tertiary/aromatic N) is 2. The second kappa shape index (κ2) is 25.3. The summed E-state index contributed by atoms with van der Waals surface area (Å²) in [6, 6.07) is 42.7. The Bertz CT molecular complexity index is 4130. The molecule has 0 radical (unpaired) electrons. The summed E-state index contributed by atoms with van der Waals surface area (Å²) < 4.78 is 48.1. The Labute approximate surface area is 542 Å². The molecule has 6 nitrogen and oxygen atoms in total. The van der Waals surface area contributed by atoms with E-state index in [0.29, 0.717) is 52.6 Å². The quantitative estimate of drug-likeness (QED) is 0.0647. The summed E-state index contributed by atoms with van der Waals surface area (Å²) in [5.41, 5.74) is 14.0. The Balaban J connectivity index is 0.00000334. The van der Waals surface area contributed by atoms with E-state index in [-0.39, 0.29) is 91.4 Å². The van der Waals surface area contributed by atoms with E-state index < -0.39 is 11.6 Å². The van der Waals surface area contributed by atoms with Gasteiger partial charge in [0.05, 0.1) is 44.6 Å². The second-order valence-corrected chi connectivity index (χ2v) is 29.1. The van der Waals surface area contributed by atoms with E-state index >= 15 is 8.78 Å². The first kappa shape index (κ1) is 67.2. The molecule has 0 spiro atoms. The van der Waals surface area contributed by atoms with Gasteiger partial charge in [-0.15, -0.1) is 0 Å².